The Bertz CT molecular complexity index is 799. The summed E-state index contributed by atoms with van der Waals surface area (Å²) in [5.74, 6) is 0.0191. The molecule has 2 aromatic carbocycles. The van der Waals surface area contributed by atoms with Gasteiger partial charge in [-0.05, 0) is 17.7 Å². The van der Waals surface area contributed by atoms with Crippen molar-refractivity contribution >= 4 is 11.6 Å². The van der Waals surface area contributed by atoms with Crippen LogP contribution in [0.1, 0.15) is 11.6 Å². The summed E-state index contributed by atoms with van der Waals surface area (Å²) in [7, 11) is 0. The van der Waals surface area contributed by atoms with E-state index in [1.165, 1.54) is 0 Å². The minimum atomic E-state index is -0.484. The standard InChI is InChI=1S/C21H22N2O3/c24-20-18(15-22-11-13-26-14-12-22)21(25)23(17-9-5-2-6-10-17)19(20)16-7-3-1-4-8-16/h1-10,19,24H,11-15H2. The van der Waals surface area contributed by atoms with E-state index < -0.39 is 6.04 Å². The number of amides is 1. The molecule has 1 N–H and O–H groups in total. The number of anilines is 1. The van der Waals surface area contributed by atoms with Crippen LogP contribution in [0.2, 0.25) is 0 Å². The molecule has 1 amide bonds. The Morgan fingerprint density at radius 2 is 1.58 bits per heavy atom. The number of morpholine rings is 1. The molecule has 5 heteroatoms. The molecular formula is C21H22N2O3. The summed E-state index contributed by atoms with van der Waals surface area (Å²) in [6.45, 7) is 3.30. The van der Waals surface area contributed by atoms with Gasteiger partial charge in [-0.2, -0.15) is 0 Å². The monoisotopic (exact) mass is 350 g/mol. The number of hydrogen-bond donors (Lipinski definition) is 1. The van der Waals surface area contributed by atoms with Crippen molar-refractivity contribution in [1.29, 1.82) is 0 Å². The fourth-order valence-electron chi connectivity index (χ4n) is 3.59. The van der Waals surface area contributed by atoms with Gasteiger partial charge in [-0.15, -0.1) is 0 Å². The molecule has 26 heavy (non-hydrogen) atoms. The van der Waals surface area contributed by atoms with Crippen molar-refractivity contribution in [2.75, 3.05) is 37.7 Å². The Morgan fingerprint density at radius 1 is 0.962 bits per heavy atom. The van der Waals surface area contributed by atoms with Crippen LogP contribution in [0.15, 0.2) is 72.0 Å². The number of aliphatic hydroxyl groups excluding tert-OH is 1. The van der Waals surface area contributed by atoms with Gasteiger partial charge < -0.3 is 9.84 Å². The van der Waals surface area contributed by atoms with E-state index in [4.69, 9.17) is 4.74 Å². The van der Waals surface area contributed by atoms with Gasteiger partial charge in [0.1, 0.15) is 11.8 Å². The lowest BCUT2D eigenvalue weighted by atomic mass is 10.0. The number of para-hydroxylation sites is 1. The predicted molar refractivity (Wildman–Crippen MR) is 100 cm³/mol. The average molecular weight is 350 g/mol. The van der Waals surface area contributed by atoms with Crippen molar-refractivity contribution in [3.63, 3.8) is 0 Å². The molecule has 0 saturated carbocycles. The molecule has 5 nitrogen and oxygen atoms in total. The first-order valence-corrected chi connectivity index (χ1v) is 8.91. The number of ether oxygens (including phenoxy) is 1. The normalized spacial score (nSPS) is 21.5. The highest BCUT2D eigenvalue weighted by Crippen LogP contribution is 2.40. The largest absolute Gasteiger partial charge is 0.509 e. The van der Waals surface area contributed by atoms with Crippen molar-refractivity contribution in [3.8, 4) is 0 Å². The van der Waals surface area contributed by atoms with E-state index in [-0.39, 0.29) is 11.7 Å². The molecule has 2 aromatic rings. The number of aliphatic hydroxyl groups is 1. The fraction of sp³-hybridized carbons (Fsp3) is 0.286. The van der Waals surface area contributed by atoms with E-state index in [2.05, 4.69) is 4.90 Å². The minimum Gasteiger partial charge on any atom is -0.509 e. The molecule has 1 saturated heterocycles. The minimum absolute atomic E-state index is 0.131. The van der Waals surface area contributed by atoms with Crippen LogP contribution < -0.4 is 4.90 Å². The number of carbonyl (C=O) groups is 1. The van der Waals surface area contributed by atoms with Gasteiger partial charge in [-0.1, -0.05) is 48.5 Å². The van der Waals surface area contributed by atoms with E-state index in [0.717, 1.165) is 24.3 Å². The lowest BCUT2D eigenvalue weighted by molar-refractivity contribution is -0.115. The van der Waals surface area contributed by atoms with Gasteiger partial charge >= 0.3 is 0 Å². The quantitative estimate of drug-likeness (QED) is 0.921. The SMILES string of the molecule is O=C1C(CN2CCOCC2)=C(O)C(c2ccccc2)N1c1ccccc1. The molecule has 1 fully saturated rings. The van der Waals surface area contributed by atoms with Gasteiger partial charge in [-0.25, -0.2) is 0 Å². The van der Waals surface area contributed by atoms with E-state index >= 15 is 0 Å². The molecule has 1 atom stereocenters. The van der Waals surface area contributed by atoms with E-state index in [9.17, 15) is 9.90 Å². The third-order valence-electron chi connectivity index (χ3n) is 4.94. The summed E-state index contributed by atoms with van der Waals surface area (Å²) in [5.41, 5.74) is 2.17. The third-order valence-corrected chi connectivity index (χ3v) is 4.94. The highest BCUT2D eigenvalue weighted by molar-refractivity contribution is 6.10. The maximum absolute atomic E-state index is 13.2. The third kappa shape index (κ3) is 3.11. The molecule has 0 radical (unpaired) electrons. The number of carbonyl (C=O) groups excluding carboxylic acids is 1. The van der Waals surface area contributed by atoms with Gasteiger partial charge in [0.15, 0.2) is 0 Å². The second-order valence-corrected chi connectivity index (χ2v) is 6.58. The second kappa shape index (κ2) is 7.32. The van der Waals surface area contributed by atoms with Crippen molar-refractivity contribution in [3.05, 3.63) is 77.6 Å². The first kappa shape index (κ1) is 16.8. The first-order valence-electron chi connectivity index (χ1n) is 8.91. The molecular weight excluding hydrogens is 328 g/mol. The van der Waals surface area contributed by atoms with Crippen LogP contribution in [-0.2, 0) is 9.53 Å². The molecule has 0 spiro atoms. The summed E-state index contributed by atoms with van der Waals surface area (Å²) in [5, 5.41) is 11.0. The van der Waals surface area contributed by atoms with Crippen LogP contribution >= 0.6 is 0 Å². The molecule has 2 heterocycles. The van der Waals surface area contributed by atoms with Crippen LogP contribution in [0.5, 0.6) is 0 Å². The summed E-state index contributed by atoms with van der Waals surface area (Å²) in [4.78, 5) is 17.1. The summed E-state index contributed by atoms with van der Waals surface area (Å²) in [6, 6.07) is 18.7. The molecule has 134 valence electrons. The van der Waals surface area contributed by atoms with Gasteiger partial charge in [0.25, 0.3) is 5.91 Å². The van der Waals surface area contributed by atoms with E-state index in [0.29, 0.717) is 25.3 Å². The average Bonchev–Trinajstić information content (AvgIpc) is 2.95. The Kier molecular flexibility index (Phi) is 4.73. The van der Waals surface area contributed by atoms with Crippen molar-refractivity contribution in [1.82, 2.24) is 4.90 Å². The second-order valence-electron chi connectivity index (χ2n) is 6.58. The summed E-state index contributed by atoms with van der Waals surface area (Å²) >= 11 is 0. The Morgan fingerprint density at radius 3 is 2.23 bits per heavy atom. The van der Waals surface area contributed by atoms with Crippen LogP contribution in [0.4, 0.5) is 5.69 Å². The lowest BCUT2D eigenvalue weighted by Gasteiger charge is -2.27. The Balaban J connectivity index is 1.71. The number of rotatable bonds is 4. The maximum atomic E-state index is 13.2. The van der Waals surface area contributed by atoms with E-state index in [1.807, 2.05) is 60.7 Å². The van der Waals surface area contributed by atoms with Crippen LogP contribution in [-0.4, -0.2) is 48.8 Å². The molecule has 4 rings (SSSR count). The van der Waals surface area contributed by atoms with Crippen molar-refractivity contribution in [2.24, 2.45) is 0 Å². The van der Waals surface area contributed by atoms with Crippen LogP contribution in [0.3, 0.4) is 0 Å². The van der Waals surface area contributed by atoms with Gasteiger partial charge in [0.05, 0.1) is 18.8 Å². The van der Waals surface area contributed by atoms with Crippen molar-refractivity contribution in [2.45, 2.75) is 6.04 Å². The highest BCUT2D eigenvalue weighted by Gasteiger charge is 2.41. The first-order chi connectivity index (χ1) is 12.8. The highest BCUT2D eigenvalue weighted by atomic mass is 16.5. The maximum Gasteiger partial charge on any atom is 0.259 e. The van der Waals surface area contributed by atoms with Crippen molar-refractivity contribution < 1.29 is 14.6 Å². The number of hydrogen-bond acceptors (Lipinski definition) is 4. The molecule has 2 aliphatic rings. The molecule has 0 aromatic heterocycles. The molecule has 0 bridgehead atoms. The Labute approximate surface area is 153 Å². The zero-order valence-electron chi connectivity index (χ0n) is 14.5. The van der Waals surface area contributed by atoms with Crippen LogP contribution in [0.25, 0.3) is 0 Å². The lowest BCUT2D eigenvalue weighted by Crippen LogP contribution is -2.39. The smallest absolute Gasteiger partial charge is 0.259 e. The fourth-order valence-corrected chi connectivity index (χ4v) is 3.59. The molecule has 0 aliphatic carbocycles. The zero-order valence-corrected chi connectivity index (χ0v) is 14.5. The van der Waals surface area contributed by atoms with Crippen LogP contribution in [0, 0.1) is 0 Å². The zero-order chi connectivity index (χ0) is 17.9. The predicted octanol–water partition coefficient (Wildman–Crippen LogP) is 2.92. The number of nitrogens with zero attached hydrogens (tertiary/aromatic N) is 2. The molecule has 1 unspecified atom stereocenters. The number of benzene rings is 2. The Hall–Kier alpha value is -2.63. The van der Waals surface area contributed by atoms with Gasteiger partial charge in [0, 0.05) is 25.3 Å². The molecule has 2 aliphatic heterocycles. The topological polar surface area (TPSA) is 53.0 Å². The summed E-state index contributed by atoms with van der Waals surface area (Å²) < 4.78 is 5.38. The van der Waals surface area contributed by atoms with Gasteiger partial charge in [-0.3, -0.25) is 14.6 Å². The van der Waals surface area contributed by atoms with E-state index in [1.54, 1.807) is 4.90 Å². The summed E-state index contributed by atoms with van der Waals surface area (Å²) in [6.07, 6.45) is 0. The van der Waals surface area contributed by atoms with Gasteiger partial charge in [0.2, 0.25) is 0 Å².